The minimum absolute atomic E-state index is 0.0650. The molecule has 6 heteroatoms. The van der Waals surface area contributed by atoms with Crippen molar-refractivity contribution in [2.75, 3.05) is 24.3 Å². The highest BCUT2D eigenvalue weighted by molar-refractivity contribution is 5.99. The number of hydrogen-bond donors (Lipinski definition) is 2. The van der Waals surface area contributed by atoms with E-state index in [0.29, 0.717) is 18.7 Å². The first kappa shape index (κ1) is 14.3. The van der Waals surface area contributed by atoms with Gasteiger partial charge in [0.25, 0.3) is 0 Å². The molecular weight excluding hydrogens is 260 g/mol. The fraction of sp³-hybridized carbons (Fsp3) is 0.429. The van der Waals surface area contributed by atoms with Crippen molar-refractivity contribution < 1.29 is 19.4 Å². The van der Waals surface area contributed by atoms with Crippen molar-refractivity contribution in [2.45, 2.75) is 19.4 Å². The minimum atomic E-state index is -1.05. The Balaban J connectivity index is 2.22. The lowest BCUT2D eigenvalue weighted by Gasteiger charge is -2.24. The molecule has 1 fully saturated rings. The van der Waals surface area contributed by atoms with Gasteiger partial charge in [-0.1, -0.05) is 0 Å². The molecule has 0 aliphatic carbocycles. The molecule has 108 valence electrons. The number of carbonyl (C=O) groups is 2. The van der Waals surface area contributed by atoms with E-state index < -0.39 is 5.97 Å². The molecule has 1 heterocycles. The number of benzene rings is 1. The van der Waals surface area contributed by atoms with Gasteiger partial charge in [-0.15, -0.1) is 0 Å². The van der Waals surface area contributed by atoms with Crippen LogP contribution in [-0.4, -0.2) is 36.7 Å². The first-order chi connectivity index (χ1) is 9.41. The molecule has 1 aromatic rings. The van der Waals surface area contributed by atoms with Crippen LogP contribution in [0.15, 0.2) is 18.2 Å². The Kier molecular flexibility index (Phi) is 3.94. The zero-order valence-corrected chi connectivity index (χ0v) is 11.5. The number of rotatable bonds is 3. The molecule has 2 rings (SSSR count). The van der Waals surface area contributed by atoms with Gasteiger partial charge in [0.15, 0.2) is 0 Å². The third kappa shape index (κ3) is 2.60. The van der Waals surface area contributed by atoms with Crippen molar-refractivity contribution in [1.29, 1.82) is 0 Å². The van der Waals surface area contributed by atoms with Crippen molar-refractivity contribution in [3.63, 3.8) is 0 Å². The van der Waals surface area contributed by atoms with Crippen LogP contribution in [-0.2, 0) is 9.53 Å². The normalized spacial score (nSPS) is 21.7. The van der Waals surface area contributed by atoms with Gasteiger partial charge < -0.3 is 20.5 Å². The maximum absolute atomic E-state index is 12.4. The number of amides is 1. The summed E-state index contributed by atoms with van der Waals surface area (Å²) in [7, 11) is 1.64. The second-order valence-electron chi connectivity index (χ2n) is 4.95. The summed E-state index contributed by atoms with van der Waals surface area (Å²) in [5, 5.41) is 8.90. The van der Waals surface area contributed by atoms with Gasteiger partial charge in [0.1, 0.15) is 0 Å². The summed E-state index contributed by atoms with van der Waals surface area (Å²) in [6.07, 6.45) is 0.585. The van der Waals surface area contributed by atoms with Crippen LogP contribution < -0.4 is 10.6 Å². The van der Waals surface area contributed by atoms with Gasteiger partial charge in [-0.3, -0.25) is 4.79 Å². The summed E-state index contributed by atoms with van der Waals surface area (Å²) in [4.78, 5) is 24.7. The average Bonchev–Trinajstić information content (AvgIpc) is 2.83. The van der Waals surface area contributed by atoms with Gasteiger partial charge in [-0.25, -0.2) is 4.79 Å². The standard InChI is InChI=1S/C14H18N2O4/c1-8-10(5-6-20-8)13(17)16(2)12-4-3-9(14(18)19)7-11(12)15/h3-4,7-8,10H,5-6,15H2,1-2H3,(H,18,19). The molecule has 20 heavy (non-hydrogen) atoms. The number of anilines is 2. The van der Waals surface area contributed by atoms with Crippen molar-refractivity contribution in [3.05, 3.63) is 23.8 Å². The number of ether oxygens (including phenoxy) is 1. The van der Waals surface area contributed by atoms with Gasteiger partial charge in [-0.05, 0) is 31.5 Å². The van der Waals surface area contributed by atoms with Gasteiger partial charge in [-0.2, -0.15) is 0 Å². The molecule has 2 unspecified atom stereocenters. The smallest absolute Gasteiger partial charge is 0.335 e. The summed E-state index contributed by atoms with van der Waals surface area (Å²) in [6, 6.07) is 4.35. The summed E-state index contributed by atoms with van der Waals surface area (Å²) in [5.41, 5.74) is 6.73. The van der Waals surface area contributed by atoms with Crippen molar-refractivity contribution >= 4 is 23.3 Å². The molecule has 0 aromatic heterocycles. The molecular formula is C14H18N2O4. The maximum atomic E-state index is 12.4. The Morgan fingerprint density at radius 3 is 2.65 bits per heavy atom. The van der Waals surface area contributed by atoms with E-state index in [2.05, 4.69) is 0 Å². The van der Waals surface area contributed by atoms with Crippen LogP contribution in [0.4, 0.5) is 11.4 Å². The van der Waals surface area contributed by atoms with E-state index in [9.17, 15) is 9.59 Å². The Morgan fingerprint density at radius 1 is 1.45 bits per heavy atom. The highest BCUT2D eigenvalue weighted by Crippen LogP contribution is 2.28. The second-order valence-corrected chi connectivity index (χ2v) is 4.95. The minimum Gasteiger partial charge on any atom is -0.478 e. The van der Waals surface area contributed by atoms with Crippen LogP contribution in [0.5, 0.6) is 0 Å². The number of carboxylic acid groups (broad SMARTS) is 1. The molecule has 2 atom stereocenters. The van der Waals surface area contributed by atoms with Crippen LogP contribution in [0, 0.1) is 5.92 Å². The quantitative estimate of drug-likeness (QED) is 0.814. The zero-order chi connectivity index (χ0) is 14.9. The molecule has 1 aliphatic rings. The molecule has 0 radical (unpaired) electrons. The SMILES string of the molecule is CC1OCCC1C(=O)N(C)c1ccc(C(=O)O)cc1N. The van der Waals surface area contributed by atoms with Crippen LogP contribution in [0.1, 0.15) is 23.7 Å². The van der Waals surface area contributed by atoms with Gasteiger partial charge >= 0.3 is 5.97 Å². The van der Waals surface area contributed by atoms with Gasteiger partial charge in [0.2, 0.25) is 5.91 Å². The summed E-state index contributed by atoms with van der Waals surface area (Å²) in [5.74, 6) is -1.29. The Labute approximate surface area is 117 Å². The van der Waals surface area contributed by atoms with Gasteiger partial charge in [0.05, 0.1) is 29.0 Å². The van der Waals surface area contributed by atoms with Gasteiger partial charge in [0, 0.05) is 13.7 Å². The monoisotopic (exact) mass is 278 g/mol. The average molecular weight is 278 g/mol. The van der Waals surface area contributed by atoms with E-state index in [4.69, 9.17) is 15.6 Å². The predicted octanol–water partition coefficient (Wildman–Crippen LogP) is 1.35. The first-order valence-corrected chi connectivity index (χ1v) is 6.43. The molecule has 0 spiro atoms. The van der Waals surface area contributed by atoms with Crippen LogP contribution in [0.25, 0.3) is 0 Å². The number of aromatic carboxylic acids is 1. The van der Waals surface area contributed by atoms with E-state index in [1.807, 2.05) is 6.92 Å². The topological polar surface area (TPSA) is 92.9 Å². The Morgan fingerprint density at radius 2 is 2.15 bits per heavy atom. The number of nitrogens with zero attached hydrogens (tertiary/aromatic N) is 1. The van der Waals surface area contributed by atoms with E-state index >= 15 is 0 Å². The van der Waals surface area contributed by atoms with Crippen molar-refractivity contribution in [1.82, 2.24) is 0 Å². The van der Waals surface area contributed by atoms with Crippen molar-refractivity contribution in [3.8, 4) is 0 Å². The number of nitrogen functional groups attached to an aromatic ring is 1. The van der Waals surface area contributed by atoms with E-state index in [1.165, 1.54) is 17.0 Å². The molecule has 1 saturated heterocycles. The molecule has 1 aliphatic heterocycles. The first-order valence-electron chi connectivity index (χ1n) is 6.43. The van der Waals surface area contributed by atoms with Crippen LogP contribution >= 0.6 is 0 Å². The lowest BCUT2D eigenvalue weighted by Crippen LogP contribution is -2.36. The fourth-order valence-electron chi connectivity index (χ4n) is 2.42. The lowest BCUT2D eigenvalue weighted by molar-refractivity contribution is -0.123. The molecule has 3 N–H and O–H groups in total. The maximum Gasteiger partial charge on any atom is 0.335 e. The zero-order valence-electron chi connectivity index (χ0n) is 11.5. The van der Waals surface area contributed by atoms with Crippen LogP contribution in [0.2, 0.25) is 0 Å². The Hall–Kier alpha value is -2.08. The van der Waals surface area contributed by atoms with E-state index in [1.54, 1.807) is 13.1 Å². The number of carboxylic acids is 1. The van der Waals surface area contributed by atoms with E-state index in [0.717, 1.165) is 0 Å². The largest absolute Gasteiger partial charge is 0.478 e. The third-order valence-electron chi connectivity index (χ3n) is 3.66. The van der Waals surface area contributed by atoms with Crippen LogP contribution in [0.3, 0.4) is 0 Å². The summed E-state index contributed by atoms with van der Waals surface area (Å²) >= 11 is 0. The van der Waals surface area contributed by atoms with E-state index in [-0.39, 0.29) is 29.2 Å². The molecule has 0 bridgehead atoms. The molecule has 1 amide bonds. The number of hydrogen-bond acceptors (Lipinski definition) is 4. The molecule has 1 aromatic carbocycles. The highest BCUT2D eigenvalue weighted by atomic mass is 16.5. The number of carbonyl (C=O) groups excluding carboxylic acids is 1. The molecule has 0 saturated carbocycles. The summed E-state index contributed by atoms with van der Waals surface area (Å²) < 4.78 is 5.40. The number of nitrogens with two attached hydrogens (primary N) is 1. The third-order valence-corrected chi connectivity index (χ3v) is 3.66. The predicted molar refractivity (Wildman–Crippen MR) is 74.7 cm³/mol. The lowest BCUT2D eigenvalue weighted by atomic mass is 10.0. The molecule has 6 nitrogen and oxygen atoms in total. The highest BCUT2D eigenvalue weighted by Gasteiger charge is 2.33. The summed E-state index contributed by atoms with van der Waals surface area (Å²) in [6.45, 7) is 2.46. The second kappa shape index (κ2) is 5.50. The fourth-order valence-corrected chi connectivity index (χ4v) is 2.42. The Bertz CT molecular complexity index is 544. The van der Waals surface area contributed by atoms with Crippen molar-refractivity contribution in [2.24, 2.45) is 5.92 Å².